The average molecular weight is 234 g/mol. The number of carbonyl (C=O) groups is 1. The maximum absolute atomic E-state index is 10.4. The normalized spacial score (nSPS) is 18.5. The largest absolute Gasteiger partial charge is 0.481 e. The van der Waals surface area contributed by atoms with E-state index in [-0.39, 0.29) is 6.42 Å². The third-order valence-corrected chi connectivity index (χ3v) is 2.55. The van der Waals surface area contributed by atoms with Gasteiger partial charge in [0.2, 0.25) is 0 Å². The Bertz CT molecular complexity index is 427. The molecule has 0 saturated carbocycles. The lowest BCUT2D eigenvalue weighted by Gasteiger charge is -2.17. The Morgan fingerprint density at radius 2 is 2.24 bits per heavy atom. The molecule has 0 aromatic rings. The molecule has 0 unspecified atom stereocenters. The highest BCUT2D eigenvalue weighted by Gasteiger charge is 2.13. The van der Waals surface area contributed by atoms with Crippen LogP contribution >= 0.6 is 0 Å². The highest BCUT2D eigenvalue weighted by molar-refractivity contribution is 5.66. The number of carboxylic acids is 1. The van der Waals surface area contributed by atoms with E-state index in [1.165, 1.54) is 6.26 Å². The number of allylic oxidation sites excluding steroid dienone is 5. The van der Waals surface area contributed by atoms with E-state index in [4.69, 9.17) is 14.6 Å². The first-order chi connectivity index (χ1) is 8.25. The molecule has 0 atom stereocenters. The second-order valence-electron chi connectivity index (χ2n) is 3.85. The van der Waals surface area contributed by atoms with Gasteiger partial charge < -0.3 is 14.6 Å². The molecule has 0 aromatic heterocycles. The maximum Gasteiger partial charge on any atom is 0.303 e. The van der Waals surface area contributed by atoms with E-state index in [0.717, 1.165) is 18.4 Å². The fourth-order valence-corrected chi connectivity index (χ4v) is 1.62. The van der Waals surface area contributed by atoms with Gasteiger partial charge in [0.15, 0.2) is 5.76 Å². The third-order valence-electron chi connectivity index (χ3n) is 2.55. The Morgan fingerprint density at radius 1 is 1.35 bits per heavy atom. The van der Waals surface area contributed by atoms with Crippen molar-refractivity contribution in [2.24, 2.45) is 0 Å². The SMILES string of the molecule is O=C(O)CCC1=COC(C2=CC=CCC2)=CO1. The lowest BCUT2D eigenvalue weighted by molar-refractivity contribution is -0.137. The van der Waals surface area contributed by atoms with Crippen molar-refractivity contribution in [3.8, 4) is 0 Å². The van der Waals surface area contributed by atoms with Gasteiger partial charge in [-0.25, -0.2) is 0 Å². The Balaban J connectivity index is 1.89. The van der Waals surface area contributed by atoms with Gasteiger partial charge in [-0.15, -0.1) is 0 Å². The van der Waals surface area contributed by atoms with Crippen molar-refractivity contribution in [2.45, 2.75) is 25.7 Å². The molecule has 1 aliphatic carbocycles. The van der Waals surface area contributed by atoms with Crippen LogP contribution in [-0.2, 0) is 14.3 Å². The van der Waals surface area contributed by atoms with Crippen molar-refractivity contribution in [2.75, 3.05) is 0 Å². The third kappa shape index (κ3) is 3.24. The highest BCUT2D eigenvalue weighted by Crippen LogP contribution is 2.26. The molecule has 0 saturated heterocycles. The van der Waals surface area contributed by atoms with Gasteiger partial charge in [0, 0.05) is 6.42 Å². The maximum atomic E-state index is 10.4. The summed E-state index contributed by atoms with van der Waals surface area (Å²) in [6.07, 6.45) is 11.4. The second kappa shape index (κ2) is 5.39. The molecule has 4 heteroatoms. The van der Waals surface area contributed by atoms with Crippen LogP contribution < -0.4 is 0 Å². The number of aliphatic carboxylic acids is 1. The minimum absolute atomic E-state index is 0.0454. The zero-order valence-electron chi connectivity index (χ0n) is 9.39. The monoisotopic (exact) mass is 234 g/mol. The van der Waals surface area contributed by atoms with Crippen LogP contribution in [0, 0.1) is 0 Å². The predicted molar refractivity (Wildman–Crippen MR) is 61.7 cm³/mol. The Hall–Kier alpha value is -1.97. The Morgan fingerprint density at radius 3 is 2.82 bits per heavy atom. The van der Waals surface area contributed by atoms with Crippen molar-refractivity contribution >= 4 is 5.97 Å². The van der Waals surface area contributed by atoms with Crippen molar-refractivity contribution in [3.05, 3.63) is 47.8 Å². The van der Waals surface area contributed by atoms with Crippen molar-refractivity contribution < 1.29 is 19.4 Å². The summed E-state index contributed by atoms with van der Waals surface area (Å²) < 4.78 is 10.8. The molecule has 0 aromatic carbocycles. The quantitative estimate of drug-likeness (QED) is 0.812. The van der Waals surface area contributed by atoms with Gasteiger partial charge in [0.05, 0.1) is 6.42 Å². The lowest BCUT2D eigenvalue weighted by atomic mass is 10.0. The lowest BCUT2D eigenvalue weighted by Crippen LogP contribution is -2.04. The van der Waals surface area contributed by atoms with Gasteiger partial charge in [-0.05, 0) is 18.4 Å². The van der Waals surface area contributed by atoms with Gasteiger partial charge in [-0.3, -0.25) is 4.79 Å². The van der Waals surface area contributed by atoms with Gasteiger partial charge in [0.25, 0.3) is 0 Å². The van der Waals surface area contributed by atoms with Crippen LogP contribution in [0.3, 0.4) is 0 Å². The number of carboxylic acid groups (broad SMARTS) is 1. The molecular weight excluding hydrogens is 220 g/mol. The number of ether oxygens (including phenoxy) is 2. The minimum atomic E-state index is -0.843. The van der Waals surface area contributed by atoms with E-state index in [0.29, 0.717) is 17.9 Å². The van der Waals surface area contributed by atoms with Crippen LogP contribution in [0.15, 0.2) is 47.8 Å². The summed E-state index contributed by atoms with van der Waals surface area (Å²) in [5.74, 6) is 0.404. The summed E-state index contributed by atoms with van der Waals surface area (Å²) in [5, 5.41) is 8.54. The molecule has 1 aliphatic heterocycles. The topological polar surface area (TPSA) is 55.8 Å². The molecule has 2 aliphatic rings. The van der Waals surface area contributed by atoms with E-state index in [1.54, 1.807) is 6.26 Å². The van der Waals surface area contributed by atoms with E-state index < -0.39 is 5.97 Å². The van der Waals surface area contributed by atoms with Crippen LogP contribution in [0.5, 0.6) is 0 Å². The molecule has 4 nitrogen and oxygen atoms in total. The van der Waals surface area contributed by atoms with Crippen LogP contribution in [0.1, 0.15) is 25.7 Å². The molecule has 90 valence electrons. The van der Waals surface area contributed by atoms with Gasteiger partial charge in [0.1, 0.15) is 18.3 Å². The van der Waals surface area contributed by atoms with Gasteiger partial charge in [-0.2, -0.15) is 0 Å². The first-order valence-electron chi connectivity index (χ1n) is 5.56. The Kier molecular flexibility index (Phi) is 3.65. The molecule has 0 spiro atoms. The highest BCUT2D eigenvalue weighted by atomic mass is 16.5. The van der Waals surface area contributed by atoms with Crippen molar-refractivity contribution in [1.29, 1.82) is 0 Å². The second-order valence-corrected chi connectivity index (χ2v) is 3.85. The smallest absolute Gasteiger partial charge is 0.303 e. The van der Waals surface area contributed by atoms with E-state index >= 15 is 0 Å². The van der Waals surface area contributed by atoms with Gasteiger partial charge >= 0.3 is 5.97 Å². The van der Waals surface area contributed by atoms with Crippen LogP contribution in [0.2, 0.25) is 0 Å². The minimum Gasteiger partial charge on any atom is -0.481 e. The average Bonchev–Trinajstić information content (AvgIpc) is 2.38. The molecular formula is C13H14O4. The summed E-state index contributed by atoms with van der Waals surface area (Å²) >= 11 is 0. The number of hydrogen-bond donors (Lipinski definition) is 1. The van der Waals surface area contributed by atoms with Gasteiger partial charge in [-0.1, -0.05) is 18.2 Å². The van der Waals surface area contributed by atoms with Crippen LogP contribution in [0.4, 0.5) is 0 Å². The van der Waals surface area contributed by atoms with Crippen LogP contribution in [0.25, 0.3) is 0 Å². The fraction of sp³-hybridized carbons (Fsp3) is 0.308. The molecule has 0 fully saturated rings. The summed E-state index contributed by atoms with van der Waals surface area (Å²) in [7, 11) is 0. The molecule has 1 heterocycles. The number of hydrogen-bond acceptors (Lipinski definition) is 3. The van der Waals surface area contributed by atoms with Crippen molar-refractivity contribution in [3.63, 3.8) is 0 Å². The summed E-state index contributed by atoms with van der Waals surface area (Å²) in [5.41, 5.74) is 1.10. The standard InChI is InChI=1S/C13H14O4/c14-13(15)7-6-11-8-17-12(9-16-11)10-4-2-1-3-5-10/h1-2,4,8-9H,3,5-7H2,(H,14,15). The summed E-state index contributed by atoms with van der Waals surface area (Å²) in [6, 6.07) is 0. The molecule has 0 radical (unpaired) electrons. The summed E-state index contributed by atoms with van der Waals surface area (Å²) in [6.45, 7) is 0. The molecule has 0 amide bonds. The molecule has 2 rings (SSSR count). The van der Waals surface area contributed by atoms with E-state index in [9.17, 15) is 4.79 Å². The zero-order chi connectivity index (χ0) is 12.1. The predicted octanol–water partition coefficient (Wildman–Crippen LogP) is 2.86. The number of rotatable bonds is 4. The van der Waals surface area contributed by atoms with E-state index in [1.807, 2.05) is 12.2 Å². The van der Waals surface area contributed by atoms with Crippen molar-refractivity contribution in [1.82, 2.24) is 0 Å². The molecule has 0 bridgehead atoms. The first-order valence-corrected chi connectivity index (χ1v) is 5.56. The summed E-state index contributed by atoms with van der Waals surface area (Å²) in [4.78, 5) is 10.4. The Labute approximate surface area is 99.5 Å². The zero-order valence-corrected chi connectivity index (χ0v) is 9.39. The van der Waals surface area contributed by atoms with E-state index in [2.05, 4.69) is 6.08 Å². The fourth-order valence-electron chi connectivity index (χ4n) is 1.62. The molecule has 17 heavy (non-hydrogen) atoms. The first kappa shape index (κ1) is 11.5. The van der Waals surface area contributed by atoms with Crippen LogP contribution in [-0.4, -0.2) is 11.1 Å². The molecule has 1 N–H and O–H groups in total.